The maximum atomic E-state index is 11.5. The van der Waals surface area contributed by atoms with E-state index in [4.69, 9.17) is 10.5 Å². The van der Waals surface area contributed by atoms with Crippen LogP contribution in [-0.2, 0) is 9.53 Å². The maximum Gasteiger partial charge on any atom is 0.245 e. The van der Waals surface area contributed by atoms with Crippen LogP contribution in [0.25, 0.3) is 0 Å². The molecule has 1 aromatic carbocycles. The van der Waals surface area contributed by atoms with Crippen LogP contribution in [0.1, 0.15) is 6.42 Å². The normalized spacial score (nSPS) is 24.3. The van der Waals surface area contributed by atoms with Crippen LogP contribution in [0.3, 0.4) is 0 Å². The number of benzene rings is 1. The predicted octanol–water partition coefficient (Wildman–Crippen LogP) is 1.51. The van der Waals surface area contributed by atoms with Crippen LogP contribution in [0.2, 0.25) is 0 Å². The van der Waals surface area contributed by atoms with Crippen LogP contribution in [0, 0.1) is 0 Å². The molecule has 1 amide bonds. The number of para-hydroxylation sites is 1. The van der Waals surface area contributed by atoms with E-state index in [1.165, 1.54) is 0 Å². The van der Waals surface area contributed by atoms with Crippen molar-refractivity contribution in [1.29, 1.82) is 0 Å². The number of hydrogen-bond donors (Lipinski definition) is 2. The molecule has 0 aliphatic carbocycles. The molecule has 3 N–H and O–H groups in total. The summed E-state index contributed by atoms with van der Waals surface area (Å²) < 4.78 is 6.16. The first-order valence-electron chi connectivity index (χ1n) is 5.04. The third kappa shape index (κ3) is 2.05. The van der Waals surface area contributed by atoms with Crippen molar-refractivity contribution >= 4 is 27.5 Å². The summed E-state index contributed by atoms with van der Waals surface area (Å²) >= 11 is 3.42. The zero-order valence-corrected chi connectivity index (χ0v) is 10.3. The fourth-order valence-electron chi connectivity index (χ4n) is 1.74. The molecule has 1 aromatic rings. The predicted molar refractivity (Wildman–Crippen MR) is 65.1 cm³/mol. The number of nitrogens with two attached hydrogens (primary N) is 1. The van der Waals surface area contributed by atoms with Crippen molar-refractivity contribution in [1.82, 2.24) is 0 Å². The number of carbonyl (C=O) groups is 1. The Labute approximate surface area is 102 Å². The van der Waals surface area contributed by atoms with E-state index >= 15 is 0 Å². The summed E-state index contributed by atoms with van der Waals surface area (Å²) in [5.41, 5.74) is 5.51. The molecule has 0 spiro atoms. The molecule has 2 rings (SSSR count). The first kappa shape index (κ1) is 11.4. The third-order valence-electron chi connectivity index (χ3n) is 2.74. The number of nitrogens with one attached hydrogen (secondary N) is 1. The summed E-state index contributed by atoms with van der Waals surface area (Å²) in [4.78, 5) is 11.5. The second kappa shape index (κ2) is 4.43. The van der Waals surface area contributed by atoms with Crippen LogP contribution < -0.4 is 11.1 Å². The summed E-state index contributed by atoms with van der Waals surface area (Å²) in [6.45, 7) is 0.879. The Morgan fingerprint density at radius 1 is 1.50 bits per heavy atom. The highest BCUT2D eigenvalue weighted by Crippen LogP contribution is 2.28. The van der Waals surface area contributed by atoms with E-state index in [0.717, 1.165) is 10.2 Å². The summed E-state index contributed by atoms with van der Waals surface area (Å²) in [5, 5.41) is 3.18. The van der Waals surface area contributed by atoms with Gasteiger partial charge in [-0.05, 0) is 28.1 Å². The standard InChI is InChI=1S/C11H13BrN2O2/c12-8-3-1-2-4-9(8)14-11(10(13)15)5-6-16-7-11/h1-4,14H,5-7H2,(H2,13,15). The Bertz CT molecular complexity index is 403. The van der Waals surface area contributed by atoms with E-state index in [9.17, 15) is 4.79 Å². The zero-order valence-electron chi connectivity index (χ0n) is 8.70. The highest BCUT2D eigenvalue weighted by atomic mass is 79.9. The number of rotatable bonds is 3. The van der Waals surface area contributed by atoms with Gasteiger partial charge >= 0.3 is 0 Å². The van der Waals surface area contributed by atoms with E-state index in [-0.39, 0.29) is 5.91 Å². The summed E-state index contributed by atoms with van der Waals surface area (Å²) in [5.74, 6) is -0.374. The van der Waals surface area contributed by atoms with Gasteiger partial charge in [0.15, 0.2) is 0 Å². The molecule has 86 valence electrons. The van der Waals surface area contributed by atoms with Crippen LogP contribution in [0.15, 0.2) is 28.7 Å². The average molecular weight is 285 g/mol. The fraction of sp³-hybridized carbons (Fsp3) is 0.364. The molecule has 4 nitrogen and oxygen atoms in total. The molecular weight excluding hydrogens is 272 g/mol. The van der Waals surface area contributed by atoms with Crippen molar-refractivity contribution < 1.29 is 9.53 Å². The zero-order chi connectivity index (χ0) is 11.6. The minimum absolute atomic E-state index is 0.323. The van der Waals surface area contributed by atoms with Crippen molar-refractivity contribution in [3.8, 4) is 0 Å². The first-order chi connectivity index (χ1) is 7.64. The van der Waals surface area contributed by atoms with Gasteiger partial charge in [-0.15, -0.1) is 0 Å². The maximum absolute atomic E-state index is 11.5. The number of ether oxygens (including phenoxy) is 1. The first-order valence-corrected chi connectivity index (χ1v) is 5.84. The quantitative estimate of drug-likeness (QED) is 0.884. The Kier molecular flexibility index (Phi) is 3.16. The Morgan fingerprint density at radius 3 is 2.81 bits per heavy atom. The van der Waals surface area contributed by atoms with Gasteiger partial charge in [0.1, 0.15) is 5.54 Å². The smallest absolute Gasteiger partial charge is 0.245 e. The molecule has 1 atom stereocenters. The van der Waals surface area contributed by atoms with Gasteiger partial charge in [-0.2, -0.15) is 0 Å². The molecule has 16 heavy (non-hydrogen) atoms. The van der Waals surface area contributed by atoms with Crippen molar-refractivity contribution in [3.05, 3.63) is 28.7 Å². The number of hydrogen-bond acceptors (Lipinski definition) is 3. The Hall–Kier alpha value is -1.07. The van der Waals surface area contributed by atoms with Crippen LogP contribution in [-0.4, -0.2) is 24.7 Å². The summed E-state index contributed by atoms with van der Waals surface area (Å²) in [6.07, 6.45) is 0.601. The van der Waals surface area contributed by atoms with Crippen molar-refractivity contribution in [2.45, 2.75) is 12.0 Å². The van der Waals surface area contributed by atoms with E-state index in [0.29, 0.717) is 19.6 Å². The van der Waals surface area contributed by atoms with Crippen LogP contribution in [0.5, 0.6) is 0 Å². The molecule has 1 heterocycles. The molecule has 1 saturated heterocycles. The lowest BCUT2D eigenvalue weighted by atomic mass is 9.97. The van der Waals surface area contributed by atoms with Gasteiger partial charge in [-0.3, -0.25) is 4.79 Å². The number of primary amides is 1. The molecule has 1 unspecified atom stereocenters. The van der Waals surface area contributed by atoms with Gasteiger partial charge in [-0.1, -0.05) is 12.1 Å². The summed E-state index contributed by atoms with van der Waals surface area (Å²) in [7, 11) is 0. The molecule has 0 saturated carbocycles. The van der Waals surface area contributed by atoms with Gasteiger partial charge in [0.05, 0.1) is 6.61 Å². The van der Waals surface area contributed by atoms with Gasteiger partial charge in [0, 0.05) is 23.2 Å². The van der Waals surface area contributed by atoms with Gasteiger partial charge in [0.25, 0.3) is 0 Å². The van der Waals surface area contributed by atoms with E-state index < -0.39 is 5.54 Å². The number of carbonyl (C=O) groups excluding carboxylic acids is 1. The van der Waals surface area contributed by atoms with E-state index in [2.05, 4.69) is 21.2 Å². The van der Waals surface area contributed by atoms with Crippen molar-refractivity contribution in [2.24, 2.45) is 5.73 Å². The van der Waals surface area contributed by atoms with Crippen molar-refractivity contribution in [3.63, 3.8) is 0 Å². The third-order valence-corrected chi connectivity index (χ3v) is 3.43. The molecule has 1 aliphatic heterocycles. The second-order valence-corrected chi connectivity index (χ2v) is 4.71. The molecule has 1 aliphatic rings. The lowest BCUT2D eigenvalue weighted by molar-refractivity contribution is -0.122. The second-order valence-electron chi connectivity index (χ2n) is 3.85. The number of halogens is 1. The highest BCUT2D eigenvalue weighted by molar-refractivity contribution is 9.10. The van der Waals surface area contributed by atoms with E-state index in [1.54, 1.807) is 0 Å². The number of anilines is 1. The lowest BCUT2D eigenvalue weighted by Gasteiger charge is -2.26. The van der Waals surface area contributed by atoms with Crippen molar-refractivity contribution in [2.75, 3.05) is 18.5 Å². The average Bonchev–Trinajstić information content (AvgIpc) is 2.71. The number of amides is 1. The minimum atomic E-state index is -0.774. The van der Waals surface area contributed by atoms with Gasteiger partial charge in [0.2, 0.25) is 5.91 Å². The monoisotopic (exact) mass is 284 g/mol. The Balaban J connectivity index is 2.25. The molecular formula is C11H13BrN2O2. The van der Waals surface area contributed by atoms with Crippen LogP contribution >= 0.6 is 15.9 Å². The molecule has 0 radical (unpaired) electrons. The molecule has 0 bridgehead atoms. The fourth-order valence-corrected chi connectivity index (χ4v) is 2.12. The topological polar surface area (TPSA) is 64.4 Å². The minimum Gasteiger partial charge on any atom is -0.378 e. The molecule has 0 aromatic heterocycles. The largest absolute Gasteiger partial charge is 0.378 e. The van der Waals surface area contributed by atoms with E-state index in [1.807, 2.05) is 24.3 Å². The summed E-state index contributed by atoms with van der Waals surface area (Å²) in [6, 6.07) is 7.62. The molecule has 5 heteroatoms. The van der Waals surface area contributed by atoms with Crippen LogP contribution in [0.4, 0.5) is 5.69 Å². The lowest BCUT2D eigenvalue weighted by Crippen LogP contribution is -2.51. The molecule has 1 fully saturated rings. The van der Waals surface area contributed by atoms with Gasteiger partial charge in [-0.25, -0.2) is 0 Å². The SMILES string of the molecule is NC(=O)C1(Nc2ccccc2Br)CCOC1. The van der Waals surface area contributed by atoms with Gasteiger partial charge < -0.3 is 15.8 Å². The Morgan fingerprint density at radius 2 is 2.25 bits per heavy atom. The highest BCUT2D eigenvalue weighted by Gasteiger charge is 2.41.